The number of fused-ring (bicyclic) bond motifs is 1. The topological polar surface area (TPSA) is 50.4 Å². The van der Waals surface area contributed by atoms with Crippen molar-refractivity contribution in [3.05, 3.63) is 21.9 Å². The first-order valence-electron chi connectivity index (χ1n) is 6.19. The summed E-state index contributed by atoms with van der Waals surface area (Å²) in [4.78, 5) is 13.1. The first-order chi connectivity index (χ1) is 8.46. The third-order valence-corrected chi connectivity index (χ3v) is 3.71. The third-order valence-electron chi connectivity index (χ3n) is 2.71. The molecule has 1 aromatic heterocycles. The van der Waals surface area contributed by atoms with Crippen LogP contribution in [0.15, 0.2) is 11.4 Å². The molecule has 0 saturated carbocycles. The number of carbonyl (C=O) groups is 1. The summed E-state index contributed by atoms with van der Waals surface area (Å²) in [6.07, 6.45) is 0.975. The van der Waals surface area contributed by atoms with Crippen LogP contribution < -0.4 is 10.6 Å². The highest BCUT2D eigenvalue weighted by molar-refractivity contribution is 7.10. The highest BCUT2D eigenvalue weighted by atomic mass is 32.1. The molecule has 2 amide bonds. The molecule has 1 aliphatic rings. The molecule has 0 aromatic carbocycles. The van der Waals surface area contributed by atoms with E-state index >= 15 is 0 Å². The van der Waals surface area contributed by atoms with Crippen molar-refractivity contribution >= 4 is 17.4 Å². The fourth-order valence-electron chi connectivity index (χ4n) is 1.96. The first-order valence-corrected chi connectivity index (χ1v) is 7.07. The van der Waals surface area contributed by atoms with Crippen LogP contribution in [-0.4, -0.2) is 24.7 Å². The molecule has 1 atom stereocenters. The molecular formula is C13H20N2O2S. The first kappa shape index (κ1) is 13.4. The van der Waals surface area contributed by atoms with E-state index in [4.69, 9.17) is 4.74 Å². The highest BCUT2D eigenvalue weighted by Crippen LogP contribution is 2.30. The quantitative estimate of drug-likeness (QED) is 0.865. The van der Waals surface area contributed by atoms with Crippen LogP contribution in [0.5, 0.6) is 0 Å². The molecule has 0 spiro atoms. The summed E-state index contributed by atoms with van der Waals surface area (Å²) in [5.41, 5.74) is 1.01. The Morgan fingerprint density at radius 2 is 2.33 bits per heavy atom. The van der Waals surface area contributed by atoms with Crippen LogP contribution >= 0.6 is 11.3 Å². The van der Waals surface area contributed by atoms with Gasteiger partial charge in [-0.25, -0.2) is 4.79 Å². The van der Waals surface area contributed by atoms with Crippen LogP contribution in [-0.2, 0) is 11.2 Å². The predicted octanol–water partition coefficient (Wildman–Crippen LogP) is 2.46. The fraction of sp³-hybridized carbons (Fsp3) is 0.615. The van der Waals surface area contributed by atoms with E-state index in [1.54, 1.807) is 11.3 Å². The number of carbonyl (C=O) groups excluding carboxylic acids is 1. The minimum absolute atomic E-state index is 0.00859. The van der Waals surface area contributed by atoms with Gasteiger partial charge in [0.05, 0.1) is 6.61 Å². The molecule has 1 unspecified atom stereocenters. The Bertz CT molecular complexity index is 423. The van der Waals surface area contributed by atoms with Crippen molar-refractivity contribution in [3.63, 3.8) is 0 Å². The van der Waals surface area contributed by atoms with Gasteiger partial charge in [0.2, 0.25) is 0 Å². The molecule has 0 saturated heterocycles. The van der Waals surface area contributed by atoms with Gasteiger partial charge in [-0.05, 0) is 37.8 Å². The molecule has 0 aliphatic carbocycles. The molecule has 2 N–H and O–H groups in total. The van der Waals surface area contributed by atoms with E-state index in [2.05, 4.69) is 22.1 Å². The second-order valence-corrected chi connectivity index (χ2v) is 6.49. The number of urea groups is 1. The normalized spacial score (nSPS) is 19.2. The molecule has 100 valence electrons. The van der Waals surface area contributed by atoms with E-state index in [9.17, 15) is 4.79 Å². The zero-order valence-electron chi connectivity index (χ0n) is 11.1. The highest BCUT2D eigenvalue weighted by Gasteiger charge is 2.22. The minimum atomic E-state index is -0.217. The molecular weight excluding hydrogens is 248 g/mol. The molecule has 0 bridgehead atoms. The molecule has 4 nitrogen and oxygen atoms in total. The van der Waals surface area contributed by atoms with Gasteiger partial charge in [-0.2, -0.15) is 0 Å². The Labute approximate surface area is 112 Å². The number of hydrogen-bond donors (Lipinski definition) is 2. The summed E-state index contributed by atoms with van der Waals surface area (Å²) >= 11 is 1.77. The Kier molecular flexibility index (Phi) is 3.92. The number of amides is 2. The van der Waals surface area contributed by atoms with Crippen LogP contribution in [0, 0.1) is 0 Å². The van der Waals surface area contributed by atoms with E-state index in [0.717, 1.165) is 13.0 Å². The summed E-state index contributed by atoms with van der Waals surface area (Å²) in [6.45, 7) is 7.13. The van der Waals surface area contributed by atoms with E-state index < -0.39 is 0 Å². The van der Waals surface area contributed by atoms with E-state index in [0.29, 0.717) is 6.54 Å². The SMILES string of the molecule is CC(C)(C)NC(=O)NCC1OCCc2sccc21. The van der Waals surface area contributed by atoms with Crippen molar-refractivity contribution in [2.24, 2.45) is 0 Å². The molecule has 0 radical (unpaired) electrons. The summed E-state index contributed by atoms with van der Waals surface area (Å²) in [7, 11) is 0. The number of thiophene rings is 1. The van der Waals surface area contributed by atoms with Crippen LogP contribution in [0.3, 0.4) is 0 Å². The van der Waals surface area contributed by atoms with Crippen molar-refractivity contribution in [1.29, 1.82) is 0 Å². The van der Waals surface area contributed by atoms with Crippen molar-refractivity contribution in [1.82, 2.24) is 10.6 Å². The summed E-state index contributed by atoms with van der Waals surface area (Å²) in [5.74, 6) is 0. The molecule has 2 heterocycles. The van der Waals surface area contributed by atoms with Crippen molar-refractivity contribution in [2.45, 2.75) is 38.8 Å². The predicted molar refractivity (Wildman–Crippen MR) is 73.0 cm³/mol. The Hall–Kier alpha value is -1.07. The van der Waals surface area contributed by atoms with Crippen LogP contribution in [0.1, 0.15) is 37.3 Å². The Morgan fingerprint density at radius 1 is 1.56 bits per heavy atom. The second kappa shape index (κ2) is 5.28. The lowest BCUT2D eigenvalue weighted by molar-refractivity contribution is 0.0452. The van der Waals surface area contributed by atoms with Crippen LogP contribution in [0.25, 0.3) is 0 Å². The van der Waals surface area contributed by atoms with Crippen molar-refractivity contribution < 1.29 is 9.53 Å². The molecule has 0 fully saturated rings. The zero-order valence-corrected chi connectivity index (χ0v) is 11.9. The van der Waals surface area contributed by atoms with Crippen LogP contribution in [0.2, 0.25) is 0 Å². The molecule has 1 aliphatic heterocycles. The molecule has 1 aromatic rings. The van der Waals surface area contributed by atoms with Gasteiger partial charge < -0.3 is 15.4 Å². The molecule has 18 heavy (non-hydrogen) atoms. The lowest BCUT2D eigenvalue weighted by Crippen LogP contribution is -2.47. The average Bonchev–Trinajstić information content (AvgIpc) is 2.72. The van der Waals surface area contributed by atoms with Crippen molar-refractivity contribution in [3.8, 4) is 0 Å². The fourth-order valence-corrected chi connectivity index (χ4v) is 2.88. The minimum Gasteiger partial charge on any atom is -0.371 e. The van der Waals surface area contributed by atoms with Gasteiger partial charge in [0.15, 0.2) is 0 Å². The van der Waals surface area contributed by atoms with E-state index in [-0.39, 0.29) is 17.7 Å². The Balaban J connectivity index is 1.87. The lowest BCUT2D eigenvalue weighted by Gasteiger charge is -2.25. The van der Waals surface area contributed by atoms with Gasteiger partial charge in [-0.15, -0.1) is 11.3 Å². The zero-order chi connectivity index (χ0) is 13.2. The lowest BCUT2D eigenvalue weighted by atomic mass is 10.1. The van der Waals surface area contributed by atoms with Crippen LogP contribution in [0.4, 0.5) is 4.79 Å². The van der Waals surface area contributed by atoms with Gasteiger partial charge in [0, 0.05) is 23.4 Å². The maximum atomic E-state index is 11.7. The van der Waals surface area contributed by atoms with Crippen molar-refractivity contribution in [2.75, 3.05) is 13.2 Å². The average molecular weight is 268 g/mol. The standard InChI is InChI=1S/C13H20N2O2S/c1-13(2,3)15-12(16)14-8-10-9-5-7-18-11(9)4-6-17-10/h5,7,10H,4,6,8H2,1-3H3,(H2,14,15,16). The Morgan fingerprint density at radius 3 is 3.06 bits per heavy atom. The van der Waals surface area contributed by atoms with Gasteiger partial charge in [0.25, 0.3) is 0 Å². The largest absolute Gasteiger partial charge is 0.371 e. The summed E-state index contributed by atoms with van der Waals surface area (Å²) in [6, 6.07) is 1.95. The number of rotatable bonds is 2. The smallest absolute Gasteiger partial charge is 0.315 e. The van der Waals surface area contributed by atoms with Gasteiger partial charge in [-0.3, -0.25) is 0 Å². The monoisotopic (exact) mass is 268 g/mol. The van der Waals surface area contributed by atoms with E-state index in [1.807, 2.05) is 20.8 Å². The number of hydrogen-bond acceptors (Lipinski definition) is 3. The maximum Gasteiger partial charge on any atom is 0.315 e. The summed E-state index contributed by atoms with van der Waals surface area (Å²) in [5, 5.41) is 7.83. The summed E-state index contributed by atoms with van der Waals surface area (Å²) < 4.78 is 5.71. The van der Waals surface area contributed by atoms with Gasteiger partial charge in [0.1, 0.15) is 6.10 Å². The molecule has 2 rings (SSSR count). The van der Waals surface area contributed by atoms with E-state index in [1.165, 1.54) is 10.4 Å². The molecule has 5 heteroatoms. The maximum absolute atomic E-state index is 11.7. The number of ether oxygens (including phenoxy) is 1. The van der Waals surface area contributed by atoms with Gasteiger partial charge in [-0.1, -0.05) is 0 Å². The second-order valence-electron chi connectivity index (χ2n) is 5.49. The van der Waals surface area contributed by atoms with Gasteiger partial charge >= 0.3 is 6.03 Å². The number of nitrogens with one attached hydrogen (secondary N) is 2. The third kappa shape index (κ3) is 3.46.